The van der Waals surface area contributed by atoms with E-state index in [1.54, 1.807) is 35.6 Å². The maximum Gasteiger partial charge on any atom is 0.140 e. The van der Waals surface area contributed by atoms with Gasteiger partial charge in [0.15, 0.2) is 0 Å². The zero-order chi connectivity index (χ0) is 16.8. The average molecular weight is 336 g/mol. The number of nitriles is 1. The fraction of sp³-hybridized carbons (Fsp3) is 0.158. The molecule has 2 aromatic carbocycles. The van der Waals surface area contributed by atoms with Crippen molar-refractivity contribution in [3.8, 4) is 17.6 Å². The van der Waals surface area contributed by atoms with Gasteiger partial charge in [0.05, 0.1) is 17.3 Å². The van der Waals surface area contributed by atoms with E-state index in [9.17, 15) is 0 Å². The highest BCUT2D eigenvalue weighted by Gasteiger charge is 2.04. The molecule has 0 aliphatic carbocycles. The molecule has 0 spiro atoms. The van der Waals surface area contributed by atoms with Gasteiger partial charge in [0, 0.05) is 5.38 Å². The van der Waals surface area contributed by atoms with E-state index in [0.717, 1.165) is 22.2 Å². The van der Waals surface area contributed by atoms with E-state index >= 15 is 0 Å². The third-order valence-electron chi connectivity index (χ3n) is 3.35. The first-order valence-corrected chi connectivity index (χ1v) is 8.36. The number of benzene rings is 2. The van der Waals surface area contributed by atoms with E-state index in [-0.39, 0.29) is 0 Å². The van der Waals surface area contributed by atoms with E-state index in [0.29, 0.717) is 18.8 Å². The van der Waals surface area contributed by atoms with Crippen molar-refractivity contribution in [2.24, 2.45) is 0 Å². The minimum Gasteiger partial charge on any atom is -0.487 e. The van der Waals surface area contributed by atoms with Crippen LogP contribution < -0.4 is 9.47 Å². The summed E-state index contributed by atoms with van der Waals surface area (Å²) in [7, 11) is 0. The van der Waals surface area contributed by atoms with Crippen LogP contribution in [0.15, 0.2) is 53.9 Å². The van der Waals surface area contributed by atoms with Crippen LogP contribution in [0.2, 0.25) is 0 Å². The SMILES string of the molecule is Cc1ccc(OCc2nc(COc3ccc(C#N)cc3)cs2)cc1. The highest BCUT2D eigenvalue weighted by Crippen LogP contribution is 2.18. The molecule has 0 unspecified atom stereocenters. The zero-order valence-electron chi connectivity index (χ0n) is 13.2. The van der Waals surface area contributed by atoms with Crippen molar-refractivity contribution in [3.63, 3.8) is 0 Å². The molecule has 0 amide bonds. The third kappa shape index (κ3) is 4.34. The maximum absolute atomic E-state index is 8.77. The van der Waals surface area contributed by atoms with Crippen LogP contribution in [-0.4, -0.2) is 4.98 Å². The van der Waals surface area contributed by atoms with E-state index in [1.165, 1.54) is 5.56 Å². The molecule has 24 heavy (non-hydrogen) atoms. The molecule has 3 rings (SSSR count). The number of aryl methyl sites for hydroxylation is 1. The van der Waals surface area contributed by atoms with Gasteiger partial charge in [0.1, 0.15) is 29.7 Å². The van der Waals surface area contributed by atoms with Crippen molar-refractivity contribution in [1.29, 1.82) is 5.26 Å². The second-order valence-corrected chi connectivity index (χ2v) is 6.20. The summed E-state index contributed by atoms with van der Waals surface area (Å²) in [6.07, 6.45) is 0. The van der Waals surface area contributed by atoms with Gasteiger partial charge >= 0.3 is 0 Å². The van der Waals surface area contributed by atoms with Crippen molar-refractivity contribution in [2.45, 2.75) is 20.1 Å². The Bertz CT molecular complexity index is 833. The normalized spacial score (nSPS) is 10.2. The fourth-order valence-corrected chi connectivity index (χ4v) is 2.73. The smallest absolute Gasteiger partial charge is 0.140 e. The molecule has 1 aromatic heterocycles. The van der Waals surface area contributed by atoms with Gasteiger partial charge in [-0.25, -0.2) is 4.98 Å². The number of aromatic nitrogens is 1. The first-order valence-electron chi connectivity index (χ1n) is 7.48. The van der Waals surface area contributed by atoms with E-state index in [2.05, 4.69) is 11.1 Å². The largest absolute Gasteiger partial charge is 0.487 e. The number of thiazole rings is 1. The van der Waals surface area contributed by atoms with Gasteiger partial charge in [0.2, 0.25) is 0 Å². The molecule has 0 N–H and O–H groups in total. The summed E-state index contributed by atoms with van der Waals surface area (Å²) in [5.74, 6) is 1.56. The lowest BCUT2D eigenvalue weighted by Gasteiger charge is -2.04. The van der Waals surface area contributed by atoms with E-state index < -0.39 is 0 Å². The lowest BCUT2D eigenvalue weighted by atomic mass is 10.2. The summed E-state index contributed by atoms with van der Waals surface area (Å²) < 4.78 is 11.4. The Morgan fingerprint density at radius 3 is 2.25 bits per heavy atom. The lowest BCUT2D eigenvalue weighted by molar-refractivity contribution is 0.294. The van der Waals surface area contributed by atoms with Crippen LogP contribution in [0.4, 0.5) is 0 Å². The van der Waals surface area contributed by atoms with Gasteiger partial charge in [-0.1, -0.05) is 17.7 Å². The van der Waals surface area contributed by atoms with Crippen LogP contribution in [0.1, 0.15) is 21.8 Å². The molecule has 3 aromatic rings. The van der Waals surface area contributed by atoms with Gasteiger partial charge in [-0.05, 0) is 43.3 Å². The van der Waals surface area contributed by atoms with Gasteiger partial charge in [-0.15, -0.1) is 11.3 Å². The molecule has 0 atom stereocenters. The molecular weight excluding hydrogens is 320 g/mol. The molecule has 0 radical (unpaired) electrons. The van der Waals surface area contributed by atoms with E-state index in [1.807, 2.05) is 36.6 Å². The molecule has 0 saturated heterocycles. The van der Waals surface area contributed by atoms with Gasteiger partial charge in [-0.2, -0.15) is 5.26 Å². The van der Waals surface area contributed by atoms with E-state index in [4.69, 9.17) is 14.7 Å². The van der Waals surface area contributed by atoms with Crippen molar-refractivity contribution < 1.29 is 9.47 Å². The lowest BCUT2D eigenvalue weighted by Crippen LogP contribution is -1.98. The van der Waals surface area contributed by atoms with Crippen molar-refractivity contribution in [3.05, 3.63) is 75.7 Å². The minimum atomic E-state index is 0.396. The molecule has 120 valence electrons. The predicted octanol–water partition coefficient (Wildman–Crippen LogP) is 4.48. The summed E-state index contributed by atoms with van der Waals surface area (Å²) in [4.78, 5) is 4.51. The highest BCUT2D eigenvalue weighted by molar-refractivity contribution is 7.09. The molecule has 4 nitrogen and oxygen atoms in total. The average Bonchev–Trinajstić information content (AvgIpc) is 3.08. The second-order valence-electron chi connectivity index (χ2n) is 5.26. The van der Waals surface area contributed by atoms with Gasteiger partial charge in [0.25, 0.3) is 0 Å². The molecule has 0 aliphatic heterocycles. The summed E-state index contributed by atoms with van der Waals surface area (Å²) in [6, 6.07) is 17.1. The predicted molar refractivity (Wildman–Crippen MR) is 93.1 cm³/mol. The van der Waals surface area contributed by atoms with Crippen LogP contribution in [-0.2, 0) is 13.2 Å². The summed E-state index contributed by atoms with van der Waals surface area (Å²) in [5.41, 5.74) is 2.69. The van der Waals surface area contributed by atoms with Gasteiger partial charge < -0.3 is 9.47 Å². The van der Waals surface area contributed by atoms with Crippen LogP contribution >= 0.6 is 11.3 Å². The molecule has 0 saturated carbocycles. The Labute approximate surface area is 144 Å². The summed E-state index contributed by atoms with van der Waals surface area (Å²) >= 11 is 1.55. The standard InChI is InChI=1S/C19H16N2O2S/c1-14-2-6-17(7-3-14)23-12-19-21-16(13-24-19)11-22-18-8-4-15(10-20)5-9-18/h2-9,13H,11-12H2,1H3. The minimum absolute atomic E-state index is 0.396. The maximum atomic E-state index is 8.77. The summed E-state index contributed by atoms with van der Waals surface area (Å²) in [5, 5.41) is 11.7. The molecule has 0 fully saturated rings. The van der Waals surface area contributed by atoms with Crippen LogP contribution in [0, 0.1) is 18.3 Å². The topological polar surface area (TPSA) is 55.1 Å². The Morgan fingerprint density at radius 2 is 1.58 bits per heavy atom. The molecule has 0 bridgehead atoms. The molecular formula is C19H16N2O2S. The van der Waals surface area contributed by atoms with Crippen LogP contribution in [0.3, 0.4) is 0 Å². The highest BCUT2D eigenvalue weighted by atomic mass is 32.1. The number of rotatable bonds is 6. The monoisotopic (exact) mass is 336 g/mol. The van der Waals surface area contributed by atoms with Crippen molar-refractivity contribution in [1.82, 2.24) is 4.98 Å². The van der Waals surface area contributed by atoms with Crippen LogP contribution in [0.25, 0.3) is 0 Å². The Kier molecular flexibility index (Phi) is 5.09. The molecule has 5 heteroatoms. The first kappa shape index (κ1) is 16.0. The van der Waals surface area contributed by atoms with Crippen molar-refractivity contribution in [2.75, 3.05) is 0 Å². The quantitative estimate of drug-likeness (QED) is 0.666. The van der Waals surface area contributed by atoms with Gasteiger partial charge in [-0.3, -0.25) is 0 Å². The number of nitrogens with zero attached hydrogens (tertiary/aromatic N) is 2. The number of ether oxygens (including phenoxy) is 2. The fourth-order valence-electron chi connectivity index (χ4n) is 2.04. The Morgan fingerprint density at radius 1 is 0.958 bits per heavy atom. The van der Waals surface area contributed by atoms with Crippen molar-refractivity contribution >= 4 is 11.3 Å². The number of hydrogen-bond donors (Lipinski definition) is 0. The molecule has 1 heterocycles. The first-order chi connectivity index (χ1) is 11.7. The zero-order valence-corrected chi connectivity index (χ0v) is 14.0. The number of hydrogen-bond acceptors (Lipinski definition) is 5. The van der Waals surface area contributed by atoms with Crippen LogP contribution in [0.5, 0.6) is 11.5 Å². The molecule has 0 aliphatic rings. The Hall–Kier alpha value is -2.84. The summed E-state index contributed by atoms with van der Waals surface area (Å²) in [6.45, 7) is 2.89. The Balaban J connectivity index is 1.51. The second kappa shape index (κ2) is 7.62. The third-order valence-corrected chi connectivity index (χ3v) is 4.22.